The fraction of sp³-hybridized carbons (Fsp3) is 0.300. The number of benzene rings is 2. The second-order valence-electron chi connectivity index (χ2n) is 5.83. The molecule has 0 aliphatic rings. The van der Waals surface area contributed by atoms with Gasteiger partial charge in [0.2, 0.25) is 0 Å². The average molecular weight is 464 g/mol. The van der Waals surface area contributed by atoms with Gasteiger partial charge in [-0.2, -0.15) is 0 Å². The quantitative estimate of drug-likeness (QED) is 0.353. The van der Waals surface area contributed by atoms with E-state index in [9.17, 15) is 0 Å². The summed E-state index contributed by atoms with van der Waals surface area (Å²) in [6.45, 7) is 3.04. The molecule has 28 heavy (non-hydrogen) atoms. The molecular weight excluding hydrogens is 442 g/mol. The Balaban J connectivity index is 1.83. The van der Waals surface area contributed by atoms with Crippen LogP contribution in [0.5, 0.6) is 11.5 Å². The van der Waals surface area contributed by atoms with Gasteiger partial charge in [0, 0.05) is 22.5 Å². The van der Waals surface area contributed by atoms with E-state index >= 15 is 0 Å². The van der Waals surface area contributed by atoms with Crippen LogP contribution < -0.4 is 9.47 Å². The first-order chi connectivity index (χ1) is 13.7. The van der Waals surface area contributed by atoms with E-state index in [0.29, 0.717) is 25.5 Å². The Kier molecular flexibility index (Phi) is 7.76. The highest BCUT2D eigenvalue weighted by molar-refractivity contribution is 9.10. The van der Waals surface area contributed by atoms with Crippen LogP contribution in [0.1, 0.15) is 19.2 Å². The average Bonchev–Trinajstić information content (AvgIpc) is 3.11. The van der Waals surface area contributed by atoms with Crippen LogP contribution in [-0.2, 0) is 6.61 Å². The van der Waals surface area contributed by atoms with E-state index in [0.717, 1.165) is 32.6 Å². The van der Waals surface area contributed by atoms with Crippen molar-refractivity contribution in [2.45, 2.75) is 25.1 Å². The normalized spacial score (nSPS) is 10.8. The van der Waals surface area contributed by atoms with E-state index < -0.39 is 0 Å². The fourth-order valence-electron chi connectivity index (χ4n) is 2.51. The SMILES string of the molecule is CCOc1ccc(-n2c(COc3ccc(Br)cc3)nnc2SCCCO)cc1. The molecule has 3 rings (SSSR count). The molecule has 0 amide bonds. The zero-order chi connectivity index (χ0) is 19.8. The molecule has 0 aliphatic heterocycles. The summed E-state index contributed by atoms with van der Waals surface area (Å²) in [5.74, 6) is 3.05. The number of rotatable bonds is 10. The predicted molar refractivity (Wildman–Crippen MR) is 113 cm³/mol. The lowest BCUT2D eigenvalue weighted by atomic mass is 10.3. The van der Waals surface area contributed by atoms with Crippen LogP contribution in [0.2, 0.25) is 0 Å². The van der Waals surface area contributed by atoms with E-state index in [1.165, 1.54) is 0 Å². The molecule has 0 aliphatic carbocycles. The molecule has 3 aromatic rings. The topological polar surface area (TPSA) is 69.4 Å². The van der Waals surface area contributed by atoms with Gasteiger partial charge in [0.15, 0.2) is 11.0 Å². The molecule has 0 fully saturated rings. The van der Waals surface area contributed by atoms with Crippen molar-refractivity contribution in [3.8, 4) is 17.2 Å². The Labute approximate surface area is 177 Å². The lowest BCUT2D eigenvalue weighted by molar-refractivity contribution is 0.292. The summed E-state index contributed by atoms with van der Waals surface area (Å²) in [7, 11) is 0. The van der Waals surface area contributed by atoms with Gasteiger partial charge >= 0.3 is 0 Å². The zero-order valence-corrected chi connectivity index (χ0v) is 17.9. The second-order valence-corrected chi connectivity index (χ2v) is 7.81. The van der Waals surface area contributed by atoms with Crippen molar-refractivity contribution >= 4 is 27.7 Å². The molecule has 0 atom stereocenters. The van der Waals surface area contributed by atoms with E-state index in [1.807, 2.05) is 60.0 Å². The molecule has 0 saturated heterocycles. The second kappa shape index (κ2) is 10.5. The number of thioether (sulfide) groups is 1. The van der Waals surface area contributed by atoms with Crippen LogP contribution in [0.3, 0.4) is 0 Å². The maximum Gasteiger partial charge on any atom is 0.195 e. The summed E-state index contributed by atoms with van der Waals surface area (Å²) in [4.78, 5) is 0. The number of halogens is 1. The van der Waals surface area contributed by atoms with Gasteiger partial charge in [-0.05, 0) is 61.9 Å². The standard InChI is InChI=1S/C20H22BrN3O3S/c1-2-26-17-10-6-16(7-11-17)24-19(22-23-20(24)28-13-3-12-25)14-27-18-8-4-15(21)5-9-18/h4-11,25H,2-3,12-14H2,1H3. The van der Waals surface area contributed by atoms with Gasteiger partial charge < -0.3 is 14.6 Å². The Bertz CT molecular complexity index is 869. The summed E-state index contributed by atoms with van der Waals surface area (Å²) >= 11 is 4.98. The van der Waals surface area contributed by atoms with Crippen molar-refractivity contribution < 1.29 is 14.6 Å². The van der Waals surface area contributed by atoms with Crippen molar-refractivity contribution in [3.63, 3.8) is 0 Å². The molecular formula is C20H22BrN3O3S. The Morgan fingerprint density at radius 1 is 1.00 bits per heavy atom. The maximum atomic E-state index is 9.05. The van der Waals surface area contributed by atoms with E-state index in [1.54, 1.807) is 11.8 Å². The molecule has 2 aromatic carbocycles. The molecule has 0 bridgehead atoms. The third-order valence-corrected chi connectivity index (χ3v) is 5.37. The van der Waals surface area contributed by atoms with Gasteiger partial charge in [0.25, 0.3) is 0 Å². The number of nitrogens with zero attached hydrogens (tertiary/aromatic N) is 3. The first kappa shape index (κ1) is 20.7. The number of aliphatic hydroxyl groups excluding tert-OH is 1. The lowest BCUT2D eigenvalue weighted by Gasteiger charge is -2.12. The first-order valence-electron chi connectivity index (χ1n) is 9.01. The summed E-state index contributed by atoms with van der Waals surface area (Å²) in [6.07, 6.45) is 0.700. The number of ether oxygens (including phenoxy) is 2. The molecule has 1 aromatic heterocycles. The number of aromatic nitrogens is 3. The number of aliphatic hydroxyl groups is 1. The molecule has 1 heterocycles. The summed E-state index contributed by atoms with van der Waals surface area (Å²) in [6, 6.07) is 15.5. The molecule has 0 saturated carbocycles. The molecule has 0 unspecified atom stereocenters. The van der Waals surface area contributed by atoms with Gasteiger partial charge in [0.1, 0.15) is 18.1 Å². The number of hydrogen-bond acceptors (Lipinski definition) is 6. The highest BCUT2D eigenvalue weighted by Crippen LogP contribution is 2.25. The van der Waals surface area contributed by atoms with Gasteiger partial charge in [-0.3, -0.25) is 4.57 Å². The Morgan fingerprint density at radius 3 is 2.36 bits per heavy atom. The molecule has 0 radical (unpaired) electrons. The minimum absolute atomic E-state index is 0.156. The largest absolute Gasteiger partial charge is 0.494 e. The van der Waals surface area contributed by atoms with Crippen molar-refractivity contribution in [2.75, 3.05) is 19.0 Å². The van der Waals surface area contributed by atoms with E-state index in [2.05, 4.69) is 26.1 Å². The van der Waals surface area contributed by atoms with Crippen LogP contribution in [0, 0.1) is 0 Å². The minimum atomic E-state index is 0.156. The third-order valence-electron chi connectivity index (χ3n) is 3.82. The monoisotopic (exact) mass is 463 g/mol. The molecule has 8 heteroatoms. The van der Waals surface area contributed by atoms with Crippen LogP contribution in [0.15, 0.2) is 58.2 Å². The van der Waals surface area contributed by atoms with Crippen LogP contribution >= 0.6 is 27.7 Å². The maximum absolute atomic E-state index is 9.05. The third kappa shape index (κ3) is 5.50. The number of hydrogen-bond donors (Lipinski definition) is 1. The van der Waals surface area contributed by atoms with E-state index in [-0.39, 0.29) is 6.61 Å². The van der Waals surface area contributed by atoms with Gasteiger partial charge in [-0.15, -0.1) is 10.2 Å². The predicted octanol–water partition coefficient (Wildman–Crippen LogP) is 4.48. The van der Waals surface area contributed by atoms with Crippen LogP contribution in [0.25, 0.3) is 5.69 Å². The van der Waals surface area contributed by atoms with Crippen LogP contribution in [-0.4, -0.2) is 38.8 Å². The fourth-order valence-corrected chi connectivity index (χ4v) is 3.67. The zero-order valence-electron chi connectivity index (χ0n) is 15.5. The van der Waals surface area contributed by atoms with Gasteiger partial charge in [0.05, 0.1) is 6.61 Å². The van der Waals surface area contributed by atoms with E-state index in [4.69, 9.17) is 14.6 Å². The van der Waals surface area contributed by atoms with Crippen molar-refractivity contribution in [3.05, 3.63) is 58.8 Å². The highest BCUT2D eigenvalue weighted by Gasteiger charge is 2.15. The van der Waals surface area contributed by atoms with Crippen molar-refractivity contribution in [1.82, 2.24) is 14.8 Å². The molecule has 6 nitrogen and oxygen atoms in total. The highest BCUT2D eigenvalue weighted by atomic mass is 79.9. The van der Waals surface area contributed by atoms with Crippen molar-refractivity contribution in [2.24, 2.45) is 0 Å². The smallest absolute Gasteiger partial charge is 0.195 e. The molecule has 0 spiro atoms. The molecule has 148 valence electrons. The summed E-state index contributed by atoms with van der Waals surface area (Å²) in [5.41, 5.74) is 0.939. The molecule has 1 N–H and O–H groups in total. The summed E-state index contributed by atoms with van der Waals surface area (Å²) in [5, 5.41) is 18.5. The van der Waals surface area contributed by atoms with Crippen LogP contribution in [0.4, 0.5) is 0 Å². The lowest BCUT2D eigenvalue weighted by Crippen LogP contribution is -2.07. The summed E-state index contributed by atoms with van der Waals surface area (Å²) < 4.78 is 14.4. The van der Waals surface area contributed by atoms with Crippen molar-refractivity contribution in [1.29, 1.82) is 0 Å². The Hall–Kier alpha value is -2.03. The van der Waals surface area contributed by atoms with Gasteiger partial charge in [-0.1, -0.05) is 27.7 Å². The minimum Gasteiger partial charge on any atom is -0.494 e. The Morgan fingerprint density at radius 2 is 1.68 bits per heavy atom. The first-order valence-corrected chi connectivity index (χ1v) is 10.8. The van der Waals surface area contributed by atoms with Gasteiger partial charge in [-0.25, -0.2) is 0 Å².